The molecule has 0 amide bonds. The van der Waals surface area contributed by atoms with E-state index in [-0.39, 0.29) is 5.82 Å². The summed E-state index contributed by atoms with van der Waals surface area (Å²) in [6.45, 7) is 0. The second kappa shape index (κ2) is 5.64. The zero-order chi connectivity index (χ0) is 12.3. The van der Waals surface area contributed by atoms with Gasteiger partial charge in [0.25, 0.3) is 0 Å². The van der Waals surface area contributed by atoms with Crippen molar-refractivity contribution in [3.05, 3.63) is 46.2 Å². The summed E-state index contributed by atoms with van der Waals surface area (Å²) in [5.74, 6) is 2.08. The first-order valence-electron chi connectivity index (χ1n) is 5.01. The quantitative estimate of drug-likeness (QED) is 0.868. The maximum absolute atomic E-state index is 13.5. The fourth-order valence-corrected chi connectivity index (χ4v) is 2.66. The lowest BCUT2D eigenvalue weighted by Crippen LogP contribution is -1.95. The van der Waals surface area contributed by atoms with Crippen molar-refractivity contribution in [3.63, 3.8) is 0 Å². The molecule has 0 aliphatic rings. The first-order chi connectivity index (χ1) is 8.16. The minimum absolute atomic E-state index is 0.176. The number of rotatable bonds is 4. The highest BCUT2D eigenvalue weighted by atomic mass is 79.9. The van der Waals surface area contributed by atoms with Gasteiger partial charge in [0.05, 0.1) is 5.75 Å². The van der Waals surface area contributed by atoms with Crippen LogP contribution in [0.1, 0.15) is 11.4 Å². The smallest absolute Gasteiger partial charge is 0.142 e. The largest absolute Gasteiger partial charge is 0.320 e. The molecule has 2 aromatic rings. The maximum Gasteiger partial charge on any atom is 0.142 e. The molecule has 2 rings (SSSR count). The summed E-state index contributed by atoms with van der Waals surface area (Å²) >= 11 is 4.86. The monoisotopic (exact) mass is 315 g/mol. The molecular weight excluding hydrogens is 305 g/mol. The van der Waals surface area contributed by atoms with Crippen LogP contribution in [-0.2, 0) is 18.6 Å². The Morgan fingerprint density at radius 1 is 1.41 bits per heavy atom. The van der Waals surface area contributed by atoms with Gasteiger partial charge in [0.2, 0.25) is 0 Å². The van der Waals surface area contributed by atoms with Crippen molar-refractivity contribution in [2.24, 2.45) is 7.05 Å². The normalized spacial score (nSPS) is 10.8. The molecular formula is C11H11BrFN3S. The van der Waals surface area contributed by atoms with Crippen molar-refractivity contribution in [1.82, 2.24) is 14.8 Å². The van der Waals surface area contributed by atoms with E-state index in [2.05, 4.69) is 26.1 Å². The zero-order valence-corrected chi connectivity index (χ0v) is 11.6. The van der Waals surface area contributed by atoms with Crippen molar-refractivity contribution < 1.29 is 4.39 Å². The van der Waals surface area contributed by atoms with Gasteiger partial charge in [0.1, 0.15) is 18.0 Å². The molecule has 1 heterocycles. The van der Waals surface area contributed by atoms with E-state index in [1.807, 2.05) is 17.7 Å². The van der Waals surface area contributed by atoms with Crippen molar-refractivity contribution >= 4 is 27.7 Å². The molecule has 0 atom stereocenters. The third kappa shape index (κ3) is 3.29. The summed E-state index contributed by atoms with van der Waals surface area (Å²) in [4.78, 5) is 0. The molecule has 0 bridgehead atoms. The van der Waals surface area contributed by atoms with E-state index >= 15 is 0 Å². The topological polar surface area (TPSA) is 30.7 Å². The van der Waals surface area contributed by atoms with Crippen LogP contribution in [-0.4, -0.2) is 14.8 Å². The van der Waals surface area contributed by atoms with Gasteiger partial charge in [-0.3, -0.25) is 0 Å². The van der Waals surface area contributed by atoms with E-state index in [0.717, 1.165) is 16.0 Å². The summed E-state index contributed by atoms with van der Waals surface area (Å²) < 4.78 is 16.1. The maximum atomic E-state index is 13.5. The molecule has 0 fully saturated rings. The molecule has 0 N–H and O–H groups in total. The Labute approximate surface area is 112 Å². The highest BCUT2D eigenvalue weighted by molar-refractivity contribution is 9.10. The van der Waals surface area contributed by atoms with E-state index in [9.17, 15) is 4.39 Å². The Balaban J connectivity index is 1.92. The number of aromatic nitrogens is 3. The lowest BCUT2D eigenvalue weighted by atomic mass is 10.2. The number of hydrogen-bond donors (Lipinski definition) is 0. The van der Waals surface area contributed by atoms with Crippen molar-refractivity contribution in [2.45, 2.75) is 11.5 Å². The third-order valence-electron chi connectivity index (χ3n) is 2.31. The average Bonchev–Trinajstić information content (AvgIpc) is 2.68. The van der Waals surface area contributed by atoms with Crippen molar-refractivity contribution in [2.75, 3.05) is 0 Å². The summed E-state index contributed by atoms with van der Waals surface area (Å²) in [7, 11) is 1.90. The Morgan fingerprint density at radius 2 is 2.24 bits per heavy atom. The molecule has 3 nitrogen and oxygen atoms in total. The number of aryl methyl sites for hydroxylation is 1. The van der Waals surface area contributed by atoms with Crippen LogP contribution in [0, 0.1) is 5.82 Å². The zero-order valence-electron chi connectivity index (χ0n) is 9.23. The van der Waals surface area contributed by atoms with Crippen LogP contribution in [0.4, 0.5) is 4.39 Å². The van der Waals surface area contributed by atoms with Crippen LogP contribution >= 0.6 is 27.7 Å². The van der Waals surface area contributed by atoms with Crippen LogP contribution in [0.5, 0.6) is 0 Å². The molecule has 0 unspecified atom stereocenters. The van der Waals surface area contributed by atoms with Crippen molar-refractivity contribution in [1.29, 1.82) is 0 Å². The summed E-state index contributed by atoms with van der Waals surface area (Å²) in [6.07, 6.45) is 1.66. The highest BCUT2D eigenvalue weighted by Crippen LogP contribution is 2.21. The minimum Gasteiger partial charge on any atom is -0.320 e. The minimum atomic E-state index is -0.176. The number of thioether (sulfide) groups is 1. The van der Waals surface area contributed by atoms with Gasteiger partial charge in [0.15, 0.2) is 0 Å². The Kier molecular flexibility index (Phi) is 4.17. The van der Waals surface area contributed by atoms with Crippen LogP contribution in [0.3, 0.4) is 0 Å². The molecule has 0 radical (unpaired) electrons. The molecule has 0 aliphatic carbocycles. The van der Waals surface area contributed by atoms with Crippen LogP contribution < -0.4 is 0 Å². The summed E-state index contributed by atoms with van der Waals surface area (Å²) in [5.41, 5.74) is 0.709. The Bertz CT molecular complexity index is 515. The number of benzene rings is 1. The van der Waals surface area contributed by atoms with Gasteiger partial charge in [-0.05, 0) is 17.7 Å². The van der Waals surface area contributed by atoms with E-state index in [1.54, 1.807) is 24.2 Å². The van der Waals surface area contributed by atoms with Crippen molar-refractivity contribution in [3.8, 4) is 0 Å². The molecule has 6 heteroatoms. The fourth-order valence-electron chi connectivity index (χ4n) is 1.33. The van der Waals surface area contributed by atoms with E-state index in [0.29, 0.717) is 11.3 Å². The summed E-state index contributed by atoms with van der Waals surface area (Å²) in [5, 5.41) is 7.77. The van der Waals surface area contributed by atoms with E-state index < -0.39 is 0 Å². The lowest BCUT2D eigenvalue weighted by molar-refractivity contribution is 0.616. The van der Waals surface area contributed by atoms with Crippen LogP contribution in [0.15, 0.2) is 29.0 Å². The van der Waals surface area contributed by atoms with E-state index in [4.69, 9.17) is 0 Å². The molecule has 1 aromatic heterocycles. The van der Waals surface area contributed by atoms with Gasteiger partial charge in [-0.1, -0.05) is 22.0 Å². The molecule has 0 aliphatic heterocycles. The Hall–Kier alpha value is -0.880. The van der Waals surface area contributed by atoms with Gasteiger partial charge in [0, 0.05) is 17.3 Å². The standard InChI is InChI=1S/C11H11BrFN3S/c1-16-7-14-15-11(16)6-17-5-8-2-3-9(12)4-10(8)13/h2-4,7H,5-6H2,1H3. The molecule has 1 aromatic carbocycles. The van der Waals surface area contributed by atoms with Gasteiger partial charge in [-0.15, -0.1) is 22.0 Å². The first kappa shape index (κ1) is 12.6. The van der Waals surface area contributed by atoms with Crippen LogP contribution in [0.25, 0.3) is 0 Å². The number of halogens is 2. The van der Waals surface area contributed by atoms with Gasteiger partial charge in [-0.25, -0.2) is 4.39 Å². The van der Waals surface area contributed by atoms with Crippen LogP contribution in [0.2, 0.25) is 0 Å². The predicted molar refractivity (Wildman–Crippen MR) is 70.1 cm³/mol. The third-order valence-corrected chi connectivity index (χ3v) is 3.78. The molecule has 0 spiro atoms. The summed E-state index contributed by atoms with van der Waals surface area (Å²) in [6, 6.07) is 5.13. The molecule has 0 saturated carbocycles. The first-order valence-corrected chi connectivity index (χ1v) is 6.96. The second-order valence-corrected chi connectivity index (χ2v) is 5.49. The number of hydrogen-bond acceptors (Lipinski definition) is 3. The molecule has 17 heavy (non-hydrogen) atoms. The Morgan fingerprint density at radius 3 is 2.88 bits per heavy atom. The van der Waals surface area contributed by atoms with Gasteiger partial charge >= 0.3 is 0 Å². The average molecular weight is 316 g/mol. The van der Waals surface area contributed by atoms with Gasteiger partial charge < -0.3 is 4.57 Å². The SMILES string of the molecule is Cn1cnnc1CSCc1ccc(Br)cc1F. The number of nitrogens with zero attached hydrogens (tertiary/aromatic N) is 3. The highest BCUT2D eigenvalue weighted by Gasteiger charge is 2.05. The van der Waals surface area contributed by atoms with E-state index in [1.165, 1.54) is 6.07 Å². The molecule has 0 saturated heterocycles. The van der Waals surface area contributed by atoms with Gasteiger partial charge in [-0.2, -0.15) is 0 Å². The lowest BCUT2D eigenvalue weighted by Gasteiger charge is -2.03. The fraction of sp³-hybridized carbons (Fsp3) is 0.273. The predicted octanol–water partition coefficient (Wildman–Crippen LogP) is 3.15. The second-order valence-electron chi connectivity index (χ2n) is 3.59. The molecule has 90 valence electrons.